The predicted molar refractivity (Wildman–Crippen MR) is 154 cm³/mol. The minimum atomic E-state index is -3.91. The SMILES string of the molecule is COc1ccc(S(=O)(=O)N(CC(C)C)CC(O)C(Cc2ccccc2)NC(=O)C[C@H]2C3CO[C@H]4OC[C@@H]2C4C3)cc1. The lowest BCUT2D eigenvalue weighted by atomic mass is 9.86. The number of benzene rings is 2. The normalized spacial score (nSPS) is 26.7. The number of methoxy groups -OCH3 is 1. The first-order valence-corrected chi connectivity index (χ1v) is 16.0. The number of carbonyl (C=O) groups excluding carboxylic acids is 1. The van der Waals surface area contributed by atoms with Crippen LogP contribution < -0.4 is 10.1 Å². The fraction of sp³-hybridized carbons (Fsp3) is 0.581. The molecule has 3 fully saturated rings. The molecule has 2 aromatic rings. The first-order valence-electron chi connectivity index (χ1n) is 14.5. The number of aliphatic hydroxyl groups is 1. The van der Waals surface area contributed by atoms with Gasteiger partial charge < -0.3 is 24.6 Å². The number of nitrogens with one attached hydrogen (secondary N) is 1. The molecule has 10 heteroatoms. The summed E-state index contributed by atoms with van der Waals surface area (Å²) in [5.41, 5.74) is 0.947. The van der Waals surface area contributed by atoms with Crippen molar-refractivity contribution in [2.75, 3.05) is 33.4 Å². The summed E-state index contributed by atoms with van der Waals surface area (Å²) >= 11 is 0. The van der Waals surface area contributed by atoms with Crippen LogP contribution in [0.4, 0.5) is 0 Å². The maximum Gasteiger partial charge on any atom is 0.243 e. The van der Waals surface area contributed by atoms with Crippen molar-refractivity contribution in [3.8, 4) is 5.75 Å². The van der Waals surface area contributed by atoms with Crippen LogP contribution in [0.2, 0.25) is 0 Å². The molecular weight excluding hydrogens is 544 g/mol. The third kappa shape index (κ3) is 6.78. The topological polar surface area (TPSA) is 114 Å². The highest BCUT2D eigenvalue weighted by Crippen LogP contribution is 2.52. The largest absolute Gasteiger partial charge is 0.497 e. The van der Waals surface area contributed by atoms with Gasteiger partial charge in [-0.3, -0.25) is 4.79 Å². The number of ether oxygens (including phenoxy) is 3. The van der Waals surface area contributed by atoms with E-state index in [4.69, 9.17) is 14.2 Å². The molecule has 5 rings (SSSR count). The predicted octanol–water partition coefficient (Wildman–Crippen LogP) is 3.08. The maximum atomic E-state index is 13.7. The van der Waals surface area contributed by atoms with Gasteiger partial charge in [0, 0.05) is 25.4 Å². The monoisotopic (exact) mass is 586 g/mol. The van der Waals surface area contributed by atoms with Crippen molar-refractivity contribution in [3.05, 3.63) is 60.2 Å². The zero-order valence-corrected chi connectivity index (χ0v) is 24.8. The molecule has 1 aliphatic carbocycles. The molecule has 0 aromatic heterocycles. The Morgan fingerprint density at radius 2 is 1.76 bits per heavy atom. The van der Waals surface area contributed by atoms with Crippen molar-refractivity contribution >= 4 is 15.9 Å². The summed E-state index contributed by atoms with van der Waals surface area (Å²) in [6.07, 6.45) is 0.466. The Hall–Kier alpha value is -2.50. The second kappa shape index (κ2) is 12.8. The van der Waals surface area contributed by atoms with Crippen LogP contribution in [0.1, 0.15) is 32.3 Å². The molecule has 2 bridgehead atoms. The average Bonchev–Trinajstić information content (AvgIpc) is 3.49. The summed E-state index contributed by atoms with van der Waals surface area (Å²) in [4.78, 5) is 13.6. The minimum absolute atomic E-state index is 0.0267. The fourth-order valence-corrected chi connectivity index (χ4v) is 8.32. The Bertz CT molecular complexity index is 1270. The van der Waals surface area contributed by atoms with Gasteiger partial charge in [0.15, 0.2) is 6.29 Å². The van der Waals surface area contributed by atoms with Crippen LogP contribution in [0.15, 0.2) is 59.5 Å². The van der Waals surface area contributed by atoms with E-state index in [1.807, 2.05) is 44.2 Å². The molecule has 2 heterocycles. The highest BCUT2D eigenvalue weighted by atomic mass is 32.2. The van der Waals surface area contributed by atoms with Gasteiger partial charge in [0.2, 0.25) is 15.9 Å². The Morgan fingerprint density at radius 1 is 1.05 bits per heavy atom. The summed E-state index contributed by atoms with van der Waals surface area (Å²) in [7, 11) is -2.38. The van der Waals surface area contributed by atoms with Crippen LogP contribution in [-0.2, 0) is 30.7 Å². The van der Waals surface area contributed by atoms with E-state index >= 15 is 0 Å². The van der Waals surface area contributed by atoms with Crippen LogP contribution >= 0.6 is 0 Å². The van der Waals surface area contributed by atoms with E-state index in [2.05, 4.69) is 5.32 Å². The molecule has 4 unspecified atom stereocenters. The first kappa shape index (κ1) is 30.0. The number of sulfonamides is 1. The van der Waals surface area contributed by atoms with E-state index in [-0.39, 0.29) is 42.0 Å². The second-order valence-electron chi connectivity index (χ2n) is 12.0. The molecule has 2 aromatic carbocycles. The first-order chi connectivity index (χ1) is 19.7. The van der Waals surface area contributed by atoms with Crippen molar-refractivity contribution in [2.24, 2.45) is 29.6 Å². The second-order valence-corrected chi connectivity index (χ2v) is 14.0. The zero-order chi connectivity index (χ0) is 29.1. The number of carbonyl (C=O) groups is 1. The lowest BCUT2D eigenvalue weighted by Crippen LogP contribution is -2.51. The van der Waals surface area contributed by atoms with Crippen molar-refractivity contribution in [3.63, 3.8) is 0 Å². The molecule has 0 spiro atoms. The minimum Gasteiger partial charge on any atom is -0.497 e. The maximum absolute atomic E-state index is 13.7. The quantitative estimate of drug-likeness (QED) is 0.371. The van der Waals surface area contributed by atoms with E-state index in [1.165, 1.54) is 23.5 Å². The van der Waals surface area contributed by atoms with Crippen molar-refractivity contribution in [1.29, 1.82) is 0 Å². The highest BCUT2D eigenvalue weighted by molar-refractivity contribution is 7.89. The van der Waals surface area contributed by atoms with E-state index in [0.717, 1.165) is 12.0 Å². The molecular formula is C31H42N2O7S. The smallest absolute Gasteiger partial charge is 0.243 e. The van der Waals surface area contributed by atoms with Gasteiger partial charge in [0.05, 0.1) is 37.4 Å². The van der Waals surface area contributed by atoms with Crippen molar-refractivity contribution in [1.82, 2.24) is 9.62 Å². The van der Waals surface area contributed by atoms with E-state index < -0.39 is 22.2 Å². The van der Waals surface area contributed by atoms with Crippen molar-refractivity contribution in [2.45, 2.75) is 56.4 Å². The molecule has 1 amide bonds. The van der Waals surface area contributed by atoms with E-state index in [9.17, 15) is 18.3 Å². The van der Waals surface area contributed by atoms with E-state index in [0.29, 0.717) is 49.6 Å². The van der Waals surface area contributed by atoms with Crippen molar-refractivity contribution < 1.29 is 32.5 Å². The van der Waals surface area contributed by atoms with Gasteiger partial charge in [-0.2, -0.15) is 4.31 Å². The number of aliphatic hydroxyl groups excluding tert-OH is 1. The van der Waals surface area contributed by atoms with Crippen LogP contribution in [-0.4, -0.2) is 75.6 Å². The standard InChI is InChI=1S/C31H42N2O7S/c1-20(2)16-33(41(36,37)24-11-9-23(38-3)10-12-24)17-29(34)28(13-21-7-5-4-6-8-21)32-30(35)15-25-22-14-26-27(25)19-40-31(26)39-18-22/h4-12,20,22,25-29,31,34H,13-19H2,1-3H3,(H,32,35)/t22?,25-,26?,27-,28?,29?,31-/m0/s1. The van der Waals surface area contributed by atoms with Gasteiger partial charge >= 0.3 is 0 Å². The van der Waals surface area contributed by atoms with Gasteiger partial charge in [-0.05, 0) is 66.3 Å². The molecule has 9 nitrogen and oxygen atoms in total. The van der Waals surface area contributed by atoms with Gasteiger partial charge in [-0.25, -0.2) is 8.42 Å². The number of hydrogen-bond donors (Lipinski definition) is 2. The summed E-state index contributed by atoms with van der Waals surface area (Å²) < 4.78 is 45.5. The Balaban J connectivity index is 1.33. The molecule has 0 radical (unpaired) electrons. The number of rotatable bonds is 13. The highest BCUT2D eigenvalue weighted by Gasteiger charge is 2.54. The average molecular weight is 587 g/mol. The number of amides is 1. The number of nitrogens with zero attached hydrogens (tertiary/aromatic N) is 1. The van der Waals surface area contributed by atoms with Crippen LogP contribution in [0.5, 0.6) is 5.75 Å². The molecule has 7 atom stereocenters. The Morgan fingerprint density at radius 3 is 2.44 bits per heavy atom. The fourth-order valence-electron chi connectivity index (χ4n) is 6.70. The lowest BCUT2D eigenvalue weighted by molar-refractivity contribution is -0.165. The van der Waals surface area contributed by atoms with Gasteiger partial charge in [0.1, 0.15) is 5.75 Å². The van der Waals surface area contributed by atoms with Gasteiger partial charge in [0.25, 0.3) is 0 Å². The summed E-state index contributed by atoms with van der Waals surface area (Å²) in [5.74, 6) is 1.62. The van der Waals surface area contributed by atoms with E-state index in [1.54, 1.807) is 12.1 Å². The summed E-state index contributed by atoms with van der Waals surface area (Å²) in [6.45, 7) is 5.18. The zero-order valence-electron chi connectivity index (χ0n) is 24.0. The number of fused-ring (bicyclic) bond motifs is 1. The molecule has 224 valence electrons. The van der Waals surface area contributed by atoms with Crippen LogP contribution in [0.3, 0.4) is 0 Å². The third-order valence-corrected chi connectivity index (χ3v) is 10.6. The molecule has 2 saturated heterocycles. The Kier molecular flexibility index (Phi) is 9.35. The Labute approximate surface area is 243 Å². The number of hydrogen-bond acceptors (Lipinski definition) is 7. The van der Waals surface area contributed by atoms with Gasteiger partial charge in [-0.15, -0.1) is 0 Å². The molecule has 2 aliphatic heterocycles. The molecule has 1 saturated carbocycles. The molecule has 41 heavy (non-hydrogen) atoms. The summed E-state index contributed by atoms with van der Waals surface area (Å²) in [5, 5.41) is 14.6. The van der Waals surface area contributed by atoms with Gasteiger partial charge in [-0.1, -0.05) is 44.2 Å². The lowest BCUT2D eigenvalue weighted by Gasteiger charge is -2.31. The molecule has 2 N–H and O–H groups in total. The van der Waals surface area contributed by atoms with Crippen LogP contribution in [0, 0.1) is 29.6 Å². The van der Waals surface area contributed by atoms with Crippen LogP contribution in [0.25, 0.3) is 0 Å². The molecule has 3 aliphatic rings. The third-order valence-electron chi connectivity index (χ3n) is 8.74. The summed E-state index contributed by atoms with van der Waals surface area (Å²) in [6, 6.07) is 15.2.